The van der Waals surface area contributed by atoms with Crippen LogP contribution in [0.4, 0.5) is 11.5 Å². The molecule has 0 atom stereocenters. The largest absolute Gasteiger partial charge is 0.492 e. The second kappa shape index (κ2) is 11.3. The summed E-state index contributed by atoms with van der Waals surface area (Å²) in [7, 11) is 1.80. The van der Waals surface area contributed by atoms with Gasteiger partial charge in [-0.25, -0.2) is 4.79 Å². The fraction of sp³-hybridized carbons (Fsp3) is 0.320. The first-order valence-corrected chi connectivity index (χ1v) is 11.1. The van der Waals surface area contributed by atoms with Gasteiger partial charge in [-0.05, 0) is 38.6 Å². The molecule has 1 aromatic heterocycles. The van der Waals surface area contributed by atoms with E-state index < -0.39 is 11.2 Å². The van der Waals surface area contributed by atoms with Crippen LogP contribution < -0.4 is 26.6 Å². The third-order valence-electron chi connectivity index (χ3n) is 5.45. The number of H-pyrrole nitrogens is 1. The second-order valence-electron chi connectivity index (χ2n) is 8.10. The van der Waals surface area contributed by atoms with Gasteiger partial charge in [-0.15, -0.1) is 0 Å². The van der Waals surface area contributed by atoms with Crippen molar-refractivity contribution in [2.45, 2.75) is 20.4 Å². The molecule has 0 unspecified atom stereocenters. The van der Waals surface area contributed by atoms with Gasteiger partial charge in [0.15, 0.2) is 5.69 Å². The molecule has 3 N–H and O–H groups in total. The fourth-order valence-electron chi connectivity index (χ4n) is 3.57. The average molecular weight is 466 g/mol. The molecule has 9 nitrogen and oxygen atoms in total. The zero-order valence-corrected chi connectivity index (χ0v) is 19.8. The van der Waals surface area contributed by atoms with Crippen LogP contribution in [0.15, 0.2) is 64.2 Å². The molecule has 0 saturated heterocycles. The standard InChI is InChI=1S/C25H31N5O4/c1-4-29(21(31)17-28(3)14-15-34-20-12-10-18(2)11-13-20)22-23(26)30(25(33)27-24(22)32)16-19-8-6-5-7-9-19/h5-13H,4,14-17,26H2,1-3H3,(H,27,32,33). The van der Waals surface area contributed by atoms with Crippen LogP contribution in [0.25, 0.3) is 0 Å². The van der Waals surface area contributed by atoms with Crippen molar-refractivity contribution >= 4 is 17.4 Å². The van der Waals surface area contributed by atoms with Crippen molar-refractivity contribution < 1.29 is 9.53 Å². The highest BCUT2D eigenvalue weighted by Crippen LogP contribution is 2.18. The molecule has 0 fully saturated rings. The number of ether oxygens (including phenoxy) is 1. The lowest BCUT2D eigenvalue weighted by Crippen LogP contribution is -2.45. The summed E-state index contributed by atoms with van der Waals surface area (Å²) in [6, 6.07) is 17.0. The molecule has 180 valence electrons. The number of aromatic nitrogens is 2. The van der Waals surface area contributed by atoms with Gasteiger partial charge in [-0.3, -0.25) is 24.0 Å². The zero-order chi connectivity index (χ0) is 24.7. The number of nitrogens with one attached hydrogen (secondary N) is 1. The number of likely N-dealkylation sites (N-methyl/N-ethyl adjacent to an activating group) is 2. The molecule has 1 heterocycles. The van der Waals surface area contributed by atoms with Gasteiger partial charge in [-0.1, -0.05) is 48.0 Å². The summed E-state index contributed by atoms with van der Waals surface area (Å²) in [5, 5.41) is 0. The van der Waals surface area contributed by atoms with Crippen molar-refractivity contribution in [3.63, 3.8) is 0 Å². The molecule has 0 bridgehead atoms. The summed E-state index contributed by atoms with van der Waals surface area (Å²) < 4.78 is 6.99. The van der Waals surface area contributed by atoms with Crippen LogP contribution in [0.3, 0.4) is 0 Å². The maximum Gasteiger partial charge on any atom is 0.330 e. The summed E-state index contributed by atoms with van der Waals surface area (Å²) >= 11 is 0. The van der Waals surface area contributed by atoms with E-state index in [1.807, 2.05) is 66.4 Å². The maximum absolute atomic E-state index is 13.1. The number of hydrogen-bond acceptors (Lipinski definition) is 6. The molecule has 0 aliphatic rings. The van der Waals surface area contributed by atoms with Gasteiger partial charge in [-0.2, -0.15) is 0 Å². The number of carbonyl (C=O) groups is 1. The Morgan fingerprint density at radius 3 is 2.41 bits per heavy atom. The Labute approximate surface area is 198 Å². The molecule has 3 aromatic rings. The van der Waals surface area contributed by atoms with E-state index in [0.717, 1.165) is 16.9 Å². The Bertz CT molecular complexity index is 1220. The Morgan fingerprint density at radius 1 is 1.09 bits per heavy atom. The van der Waals surface area contributed by atoms with E-state index in [0.29, 0.717) is 13.2 Å². The highest BCUT2D eigenvalue weighted by atomic mass is 16.5. The highest BCUT2D eigenvalue weighted by Gasteiger charge is 2.24. The minimum absolute atomic E-state index is 0.0210. The van der Waals surface area contributed by atoms with Crippen molar-refractivity contribution in [2.75, 3.05) is 43.9 Å². The predicted molar refractivity (Wildman–Crippen MR) is 133 cm³/mol. The molecule has 34 heavy (non-hydrogen) atoms. The van der Waals surface area contributed by atoms with Crippen molar-refractivity contribution in [2.24, 2.45) is 0 Å². The molecular weight excluding hydrogens is 434 g/mol. The van der Waals surface area contributed by atoms with E-state index in [-0.39, 0.29) is 37.0 Å². The van der Waals surface area contributed by atoms with E-state index in [4.69, 9.17) is 10.5 Å². The molecule has 2 aromatic carbocycles. The van der Waals surface area contributed by atoms with Crippen LogP contribution >= 0.6 is 0 Å². The van der Waals surface area contributed by atoms with Gasteiger partial charge in [0.25, 0.3) is 5.56 Å². The van der Waals surface area contributed by atoms with Crippen molar-refractivity contribution in [1.82, 2.24) is 14.5 Å². The Balaban J connectivity index is 1.71. The monoisotopic (exact) mass is 465 g/mol. The van der Waals surface area contributed by atoms with Gasteiger partial charge in [0, 0.05) is 13.1 Å². The van der Waals surface area contributed by atoms with Crippen LogP contribution in [0.5, 0.6) is 5.75 Å². The van der Waals surface area contributed by atoms with Crippen LogP contribution in [0.2, 0.25) is 0 Å². The van der Waals surface area contributed by atoms with E-state index >= 15 is 0 Å². The second-order valence-corrected chi connectivity index (χ2v) is 8.10. The smallest absolute Gasteiger partial charge is 0.330 e. The van der Waals surface area contributed by atoms with E-state index in [9.17, 15) is 14.4 Å². The highest BCUT2D eigenvalue weighted by molar-refractivity contribution is 5.96. The Kier molecular flexibility index (Phi) is 8.26. The van der Waals surface area contributed by atoms with Crippen molar-refractivity contribution in [1.29, 1.82) is 0 Å². The van der Waals surface area contributed by atoms with E-state index in [1.165, 1.54) is 9.47 Å². The van der Waals surface area contributed by atoms with Gasteiger partial charge in [0.05, 0.1) is 13.1 Å². The lowest BCUT2D eigenvalue weighted by atomic mass is 10.2. The van der Waals surface area contributed by atoms with E-state index in [2.05, 4.69) is 4.98 Å². The van der Waals surface area contributed by atoms with Crippen LogP contribution in [0.1, 0.15) is 18.1 Å². The fourth-order valence-corrected chi connectivity index (χ4v) is 3.57. The van der Waals surface area contributed by atoms with Crippen LogP contribution in [-0.2, 0) is 11.3 Å². The Morgan fingerprint density at radius 2 is 1.76 bits per heavy atom. The predicted octanol–water partition coefficient (Wildman–Crippen LogP) is 1.84. The summed E-state index contributed by atoms with van der Waals surface area (Å²) in [6.07, 6.45) is 0. The number of aryl methyl sites for hydroxylation is 1. The maximum atomic E-state index is 13.1. The quantitative estimate of drug-likeness (QED) is 0.472. The van der Waals surface area contributed by atoms with Gasteiger partial charge < -0.3 is 15.4 Å². The van der Waals surface area contributed by atoms with Crippen LogP contribution in [0, 0.1) is 6.92 Å². The minimum atomic E-state index is -0.688. The number of nitrogens with zero attached hydrogens (tertiary/aromatic N) is 3. The molecule has 9 heteroatoms. The molecule has 0 aliphatic carbocycles. The minimum Gasteiger partial charge on any atom is -0.492 e. The Hall–Kier alpha value is -3.85. The number of hydrogen-bond donors (Lipinski definition) is 2. The summed E-state index contributed by atoms with van der Waals surface area (Å²) in [4.78, 5) is 43.5. The number of nitrogen functional groups attached to an aromatic ring is 1. The lowest BCUT2D eigenvalue weighted by molar-refractivity contribution is -0.119. The third-order valence-corrected chi connectivity index (χ3v) is 5.45. The number of rotatable bonds is 10. The van der Waals surface area contributed by atoms with Crippen molar-refractivity contribution in [3.05, 3.63) is 86.6 Å². The van der Waals surface area contributed by atoms with Gasteiger partial charge in [0.2, 0.25) is 5.91 Å². The topological polar surface area (TPSA) is 114 Å². The molecule has 0 radical (unpaired) electrons. The molecule has 1 amide bonds. The molecular formula is C25H31N5O4. The zero-order valence-electron chi connectivity index (χ0n) is 19.8. The normalized spacial score (nSPS) is 10.9. The van der Waals surface area contributed by atoms with Crippen LogP contribution in [-0.4, -0.2) is 53.6 Å². The summed E-state index contributed by atoms with van der Waals surface area (Å²) in [5.74, 6) is 0.418. The third kappa shape index (κ3) is 6.14. The summed E-state index contributed by atoms with van der Waals surface area (Å²) in [5.41, 5.74) is 6.92. The molecule has 0 spiro atoms. The first-order chi connectivity index (χ1) is 16.3. The number of carbonyl (C=O) groups excluding carboxylic acids is 1. The number of amides is 1. The number of benzene rings is 2. The van der Waals surface area contributed by atoms with Gasteiger partial charge >= 0.3 is 5.69 Å². The number of nitrogens with two attached hydrogens (primary N) is 1. The molecule has 0 aliphatic heterocycles. The SMILES string of the molecule is CCN(C(=O)CN(C)CCOc1ccc(C)cc1)c1c(N)n(Cc2ccccc2)c(=O)[nH]c1=O. The first-order valence-electron chi connectivity index (χ1n) is 11.1. The van der Waals surface area contributed by atoms with E-state index in [1.54, 1.807) is 14.0 Å². The molecule has 3 rings (SSSR count). The van der Waals surface area contributed by atoms with Crippen molar-refractivity contribution in [3.8, 4) is 5.75 Å². The van der Waals surface area contributed by atoms with Gasteiger partial charge in [0.1, 0.15) is 18.2 Å². The lowest BCUT2D eigenvalue weighted by Gasteiger charge is -2.25. The number of aromatic amines is 1. The first kappa shape index (κ1) is 24.8. The molecule has 0 saturated carbocycles. The number of anilines is 2. The average Bonchev–Trinajstić information content (AvgIpc) is 2.81. The summed E-state index contributed by atoms with van der Waals surface area (Å²) in [6.45, 7) is 5.14.